The molecule has 0 amide bonds. The van der Waals surface area contributed by atoms with E-state index in [0.29, 0.717) is 23.0 Å². The Morgan fingerprint density at radius 1 is 0.561 bits per heavy atom. The van der Waals surface area contributed by atoms with Gasteiger partial charge in [0.2, 0.25) is 11.9 Å². The van der Waals surface area contributed by atoms with Crippen LogP contribution in [0.2, 0.25) is 0 Å². The summed E-state index contributed by atoms with van der Waals surface area (Å²) >= 11 is 0. The van der Waals surface area contributed by atoms with Gasteiger partial charge in [0.25, 0.3) is 0 Å². The van der Waals surface area contributed by atoms with E-state index in [-0.39, 0.29) is 28.3 Å². The quantitative estimate of drug-likeness (QED) is 0.225. The number of fused-ring (bicyclic) bond motifs is 2. The van der Waals surface area contributed by atoms with Crippen LogP contribution in [-0.2, 0) is 16.8 Å². The maximum Gasteiger partial charge on any atom is 2.00 e. The summed E-state index contributed by atoms with van der Waals surface area (Å²) in [5.74, 6) is 0.911. The second-order valence-electron chi connectivity index (χ2n) is 7.75. The number of para-hydroxylation sites is 6. The van der Waals surface area contributed by atoms with Crippen LogP contribution in [0.3, 0.4) is 0 Å². The normalized spacial score (nSPS) is 10.2. The van der Waals surface area contributed by atoms with E-state index >= 15 is 0 Å². The molecule has 11 heteroatoms. The van der Waals surface area contributed by atoms with Crippen molar-refractivity contribution in [2.75, 3.05) is 14.2 Å². The SMILES string of the molecule is CO.CO.[Co+2].[O-]c1ccccc1/C=N/c1nc2ccccc2[nH]1.[O-]c1ccccc1/C=N/c1nc2ccccc2[nH]1. The summed E-state index contributed by atoms with van der Waals surface area (Å²) in [5.41, 5.74) is 4.69. The molecule has 0 saturated heterocycles. The maximum absolute atomic E-state index is 11.5. The van der Waals surface area contributed by atoms with Crippen LogP contribution in [0, 0.1) is 0 Å². The fraction of sp³-hybridized carbons (Fsp3) is 0.0667. The number of aromatic amines is 2. The molecule has 211 valence electrons. The number of benzene rings is 4. The zero-order valence-electron chi connectivity index (χ0n) is 22.2. The van der Waals surface area contributed by atoms with Crippen molar-refractivity contribution in [3.8, 4) is 11.5 Å². The van der Waals surface area contributed by atoms with E-state index in [2.05, 4.69) is 29.9 Å². The molecule has 6 aromatic rings. The van der Waals surface area contributed by atoms with Crippen molar-refractivity contribution < 1.29 is 37.2 Å². The fourth-order valence-electron chi connectivity index (χ4n) is 3.44. The van der Waals surface area contributed by atoms with Crippen molar-refractivity contribution in [1.29, 1.82) is 0 Å². The molecule has 2 aromatic heterocycles. The largest absolute Gasteiger partial charge is 2.00 e. The Labute approximate surface area is 247 Å². The molecule has 0 fully saturated rings. The number of H-pyrrole nitrogens is 2. The number of nitrogens with zero attached hydrogens (tertiary/aromatic N) is 4. The molecular formula is C30H28CoN6O4. The molecular weight excluding hydrogens is 567 g/mol. The van der Waals surface area contributed by atoms with Gasteiger partial charge in [-0.2, -0.15) is 0 Å². The van der Waals surface area contributed by atoms with Gasteiger partial charge in [-0.25, -0.2) is 20.0 Å². The Bertz CT molecular complexity index is 1510. The summed E-state index contributed by atoms with van der Waals surface area (Å²) in [6, 6.07) is 28.9. The van der Waals surface area contributed by atoms with Crippen LogP contribution in [0.4, 0.5) is 11.9 Å². The van der Waals surface area contributed by atoms with Crippen molar-refractivity contribution in [3.05, 3.63) is 108 Å². The number of aliphatic hydroxyl groups is 2. The fourth-order valence-corrected chi connectivity index (χ4v) is 3.44. The van der Waals surface area contributed by atoms with Crippen LogP contribution in [-0.4, -0.2) is 56.8 Å². The Morgan fingerprint density at radius 3 is 1.27 bits per heavy atom. The molecule has 41 heavy (non-hydrogen) atoms. The number of aromatic nitrogens is 4. The Balaban J connectivity index is 0.000000251. The third-order valence-electron chi connectivity index (χ3n) is 5.24. The van der Waals surface area contributed by atoms with Crippen LogP contribution in [0.5, 0.6) is 11.5 Å². The minimum absolute atomic E-state index is 0. The first-order valence-electron chi connectivity index (χ1n) is 12.0. The van der Waals surface area contributed by atoms with Crippen LogP contribution in [0.15, 0.2) is 107 Å². The number of aliphatic imine (C=N–C) groups is 2. The number of imidazole rings is 2. The molecule has 0 aliphatic heterocycles. The predicted molar refractivity (Wildman–Crippen MR) is 155 cm³/mol. The summed E-state index contributed by atoms with van der Waals surface area (Å²) in [6.07, 6.45) is 3.06. The first-order valence-corrected chi connectivity index (χ1v) is 12.0. The third-order valence-corrected chi connectivity index (χ3v) is 5.24. The Morgan fingerprint density at radius 2 is 0.902 bits per heavy atom. The maximum atomic E-state index is 11.5. The summed E-state index contributed by atoms with van der Waals surface area (Å²) < 4.78 is 0. The van der Waals surface area contributed by atoms with Gasteiger partial charge < -0.3 is 30.4 Å². The van der Waals surface area contributed by atoms with Crippen molar-refractivity contribution >= 4 is 46.4 Å². The summed E-state index contributed by atoms with van der Waals surface area (Å²) in [6.45, 7) is 0. The van der Waals surface area contributed by atoms with Crippen molar-refractivity contribution in [2.24, 2.45) is 9.98 Å². The molecule has 2 heterocycles. The zero-order chi connectivity index (χ0) is 28.7. The minimum Gasteiger partial charge on any atom is -0.872 e. The third kappa shape index (κ3) is 9.12. The first kappa shape index (κ1) is 32.4. The number of hydrogen-bond acceptors (Lipinski definition) is 8. The molecule has 0 aliphatic carbocycles. The number of nitrogens with one attached hydrogen (secondary N) is 2. The average molecular weight is 596 g/mol. The van der Waals surface area contributed by atoms with Gasteiger partial charge in [-0.1, -0.05) is 72.8 Å². The summed E-state index contributed by atoms with van der Waals surface area (Å²) in [7, 11) is 2.00. The van der Waals surface area contributed by atoms with E-state index in [1.165, 1.54) is 24.6 Å². The standard InChI is InChI=1S/2C14H11N3O.2CH4O.Co/c2*18-13-8-4-1-5-10(13)9-15-14-16-11-6-2-3-7-12(11)17-14;2*1-2;/h2*1-9,18H,(H,16,17);2*2H,1H3;/q;;;;+2/p-2/b2*15-9+;;;. The molecule has 1 radical (unpaired) electrons. The van der Waals surface area contributed by atoms with Crippen LogP contribution in [0.1, 0.15) is 11.1 Å². The molecule has 0 atom stereocenters. The van der Waals surface area contributed by atoms with Gasteiger partial charge in [-0.3, -0.25) is 0 Å². The van der Waals surface area contributed by atoms with Crippen LogP contribution < -0.4 is 10.2 Å². The first-order chi connectivity index (χ1) is 19.7. The van der Waals surface area contributed by atoms with Gasteiger partial charge in [-0.05, 0) is 35.4 Å². The zero-order valence-corrected chi connectivity index (χ0v) is 23.3. The molecule has 0 unspecified atom stereocenters. The van der Waals surface area contributed by atoms with Crippen molar-refractivity contribution in [1.82, 2.24) is 19.9 Å². The van der Waals surface area contributed by atoms with Gasteiger partial charge in [0.1, 0.15) is 0 Å². The Kier molecular flexibility index (Phi) is 13.4. The second-order valence-corrected chi connectivity index (χ2v) is 7.75. The van der Waals surface area contributed by atoms with Gasteiger partial charge in [0.15, 0.2) is 0 Å². The molecule has 4 N–H and O–H groups in total. The molecule has 0 spiro atoms. The van der Waals surface area contributed by atoms with Crippen LogP contribution in [0.25, 0.3) is 22.1 Å². The van der Waals surface area contributed by atoms with E-state index in [4.69, 9.17) is 10.2 Å². The predicted octanol–water partition coefficient (Wildman–Crippen LogP) is 3.99. The van der Waals surface area contributed by atoms with Crippen LogP contribution >= 0.6 is 0 Å². The van der Waals surface area contributed by atoms with E-state index < -0.39 is 0 Å². The number of aliphatic hydroxyl groups excluding tert-OH is 2. The van der Waals surface area contributed by atoms with Crippen molar-refractivity contribution in [2.45, 2.75) is 0 Å². The monoisotopic (exact) mass is 595 g/mol. The van der Waals surface area contributed by atoms with Gasteiger partial charge in [-0.15, -0.1) is 11.5 Å². The summed E-state index contributed by atoms with van der Waals surface area (Å²) in [4.78, 5) is 23.1. The van der Waals surface area contributed by atoms with E-state index in [9.17, 15) is 10.2 Å². The number of hydrogen-bond donors (Lipinski definition) is 4. The average Bonchev–Trinajstić information content (AvgIpc) is 3.62. The van der Waals surface area contributed by atoms with Gasteiger partial charge in [0, 0.05) is 26.6 Å². The Hall–Kier alpha value is -4.81. The molecule has 0 saturated carbocycles. The van der Waals surface area contributed by atoms with E-state index in [1.807, 2.05) is 48.5 Å². The van der Waals surface area contributed by atoms with E-state index in [1.54, 1.807) is 36.4 Å². The van der Waals surface area contributed by atoms with Crippen molar-refractivity contribution in [3.63, 3.8) is 0 Å². The molecule has 6 rings (SSSR count). The number of rotatable bonds is 4. The summed E-state index contributed by atoms with van der Waals surface area (Å²) in [5, 5.41) is 37.0. The molecule has 0 aliphatic rings. The molecule has 0 bridgehead atoms. The topological polar surface area (TPSA) is 169 Å². The van der Waals surface area contributed by atoms with E-state index in [0.717, 1.165) is 36.3 Å². The smallest absolute Gasteiger partial charge is 0.872 e. The van der Waals surface area contributed by atoms with Gasteiger partial charge >= 0.3 is 16.8 Å². The van der Waals surface area contributed by atoms with Gasteiger partial charge in [0.05, 0.1) is 22.1 Å². The molecule has 4 aromatic carbocycles. The second kappa shape index (κ2) is 17.0. The molecule has 10 nitrogen and oxygen atoms in total. The minimum atomic E-state index is -0.0441.